The van der Waals surface area contributed by atoms with Crippen molar-refractivity contribution in [2.75, 3.05) is 4.90 Å². The van der Waals surface area contributed by atoms with Crippen LogP contribution in [0.2, 0.25) is 10.0 Å². The number of carbonyl (C=O) groups is 3. The summed E-state index contributed by atoms with van der Waals surface area (Å²) in [5.74, 6) is -1.30. The second-order valence-corrected chi connectivity index (χ2v) is 6.28. The number of carboxylic acid groups (broad SMARTS) is 1. The van der Waals surface area contributed by atoms with E-state index >= 15 is 0 Å². The van der Waals surface area contributed by atoms with Crippen LogP contribution >= 0.6 is 34.8 Å². The minimum Gasteiger partial charge on any atom is -0.464 e. The first-order chi connectivity index (χ1) is 11.8. The molecule has 126 valence electrons. The summed E-state index contributed by atoms with van der Waals surface area (Å²) in [5.41, 5.74) is -0.203. The molecule has 0 bridgehead atoms. The molecule has 2 aromatic carbocycles. The van der Waals surface area contributed by atoms with Crippen LogP contribution in [0.1, 0.15) is 20.7 Å². The molecule has 1 aliphatic rings. The summed E-state index contributed by atoms with van der Waals surface area (Å²) in [6, 6.07) is 10.1. The van der Waals surface area contributed by atoms with Crippen LogP contribution in [0.4, 0.5) is 10.5 Å². The molecule has 1 aliphatic carbocycles. The quantitative estimate of drug-likeness (QED) is 0.774. The number of amides is 1. The molecule has 0 heterocycles. The van der Waals surface area contributed by atoms with Gasteiger partial charge in [0.05, 0.1) is 15.7 Å². The lowest BCUT2D eigenvalue weighted by molar-refractivity contribution is 0.0977. The molecule has 0 spiro atoms. The third-order valence-electron chi connectivity index (χ3n) is 3.61. The minimum absolute atomic E-state index is 0.0376. The van der Waals surface area contributed by atoms with Gasteiger partial charge in [0.15, 0.2) is 0 Å². The van der Waals surface area contributed by atoms with E-state index in [1.165, 1.54) is 30.3 Å². The number of ketones is 2. The van der Waals surface area contributed by atoms with Crippen LogP contribution in [0.25, 0.3) is 0 Å². The van der Waals surface area contributed by atoms with Crippen LogP contribution in [0, 0.1) is 0 Å². The molecule has 25 heavy (non-hydrogen) atoms. The Morgan fingerprint density at radius 1 is 0.880 bits per heavy atom. The summed E-state index contributed by atoms with van der Waals surface area (Å²) in [4.78, 5) is 37.7. The van der Waals surface area contributed by atoms with E-state index in [1.807, 2.05) is 0 Å². The molecule has 2 aromatic rings. The Morgan fingerprint density at radius 3 is 2.04 bits per heavy atom. The van der Waals surface area contributed by atoms with Gasteiger partial charge in [0.2, 0.25) is 11.6 Å². The third kappa shape index (κ3) is 2.91. The van der Waals surface area contributed by atoms with Gasteiger partial charge in [0.25, 0.3) is 0 Å². The first-order valence-corrected chi connectivity index (χ1v) is 8.02. The summed E-state index contributed by atoms with van der Waals surface area (Å²) >= 11 is 17.8. The Balaban J connectivity index is 2.21. The highest BCUT2D eigenvalue weighted by Gasteiger charge is 2.37. The monoisotopic (exact) mass is 395 g/mol. The fraction of sp³-hybridized carbons (Fsp3) is 0. The lowest BCUT2D eigenvalue weighted by Gasteiger charge is -2.26. The Bertz CT molecular complexity index is 968. The molecule has 0 aromatic heterocycles. The fourth-order valence-corrected chi connectivity index (χ4v) is 3.06. The van der Waals surface area contributed by atoms with Crippen molar-refractivity contribution in [3.8, 4) is 0 Å². The van der Waals surface area contributed by atoms with Gasteiger partial charge in [-0.2, -0.15) is 0 Å². The van der Waals surface area contributed by atoms with E-state index < -0.39 is 28.4 Å². The van der Waals surface area contributed by atoms with Gasteiger partial charge in [-0.05, 0) is 18.2 Å². The molecule has 1 N–H and O–H groups in total. The number of rotatable bonds is 2. The number of hydrogen-bond donors (Lipinski definition) is 1. The first kappa shape index (κ1) is 17.5. The Kier molecular flexibility index (Phi) is 4.56. The molecule has 8 heteroatoms. The summed E-state index contributed by atoms with van der Waals surface area (Å²) in [6.07, 6.45) is -1.49. The molecule has 0 radical (unpaired) electrons. The van der Waals surface area contributed by atoms with Gasteiger partial charge in [0.1, 0.15) is 10.7 Å². The van der Waals surface area contributed by atoms with Crippen molar-refractivity contribution in [1.29, 1.82) is 0 Å². The third-order valence-corrected chi connectivity index (χ3v) is 4.70. The Morgan fingerprint density at radius 2 is 1.48 bits per heavy atom. The molecule has 0 saturated heterocycles. The minimum atomic E-state index is -1.49. The van der Waals surface area contributed by atoms with Crippen molar-refractivity contribution in [2.45, 2.75) is 0 Å². The van der Waals surface area contributed by atoms with Crippen LogP contribution in [-0.4, -0.2) is 22.8 Å². The Labute approximate surface area is 157 Å². The molecule has 0 aliphatic heterocycles. The number of nitrogens with zero attached hydrogens (tertiary/aromatic N) is 1. The zero-order chi connectivity index (χ0) is 18.3. The number of Topliss-reactive ketones (excluding diaryl/α,β-unsaturated/α-hetero) is 2. The van der Waals surface area contributed by atoms with Gasteiger partial charge in [-0.25, -0.2) is 9.69 Å². The highest BCUT2D eigenvalue weighted by molar-refractivity contribution is 6.50. The van der Waals surface area contributed by atoms with E-state index in [-0.39, 0.29) is 26.9 Å². The number of fused-ring (bicyclic) bond motifs is 1. The van der Waals surface area contributed by atoms with Crippen molar-refractivity contribution in [3.05, 3.63) is 74.4 Å². The van der Waals surface area contributed by atoms with Crippen molar-refractivity contribution < 1.29 is 19.5 Å². The van der Waals surface area contributed by atoms with Crippen molar-refractivity contribution in [1.82, 2.24) is 0 Å². The summed E-state index contributed by atoms with van der Waals surface area (Å²) in [5, 5.41) is 9.44. The van der Waals surface area contributed by atoms with Gasteiger partial charge in [0, 0.05) is 11.1 Å². The predicted octanol–water partition coefficient (Wildman–Crippen LogP) is 5.01. The predicted molar refractivity (Wildman–Crippen MR) is 94.9 cm³/mol. The van der Waals surface area contributed by atoms with E-state index in [0.29, 0.717) is 4.90 Å². The smallest absolute Gasteiger partial charge is 0.416 e. The molecule has 0 saturated carbocycles. The van der Waals surface area contributed by atoms with Gasteiger partial charge in [-0.1, -0.05) is 59.1 Å². The van der Waals surface area contributed by atoms with Crippen LogP contribution < -0.4 is 4.90 Å². The molecule has 3 rings (SSSR count). The van der Waals surface area contributed by atoms with Crippen molar-refractivity contribution in [3.63, 3.8) is 0 Å². The largest absolute Gasteiger partial charge is 0.464 e. The average Bonchev–Trinajstić information content (AvgIpc) is 2.59. The van der Waals surface area contributed by atoms with Gasteiger partial charge in [-0.15, -0.1) is 0 Å². The molecule has 0 fully saturated rings. The maximum Gasteiger partial charge on any atom is 0.416 e. The number of benzene rings is 2. The maximum atomic E-state index is 12.8. The van der Waals surface area contributed by atoms with Gasteiger partial charge < -0.3 is 5.11 Å². The second-order valence-electron chi connectivity index (χ2n) is 5.08. The SMILES string of the molecule is O=C1C(Cl)=C(N(C(=O)O)c2ccc(Cl)c(Cl)c2)C(=O)c2ccccc21. The number of halogens is 3. The van der Waals surface area contributed by atoms with Gasteiger partial charge >= 0.3 is 6.09 Å². The lowest BCUT2D eigenvalue weighted by atomic mass is 9.92. The highest BCUT2D eigenvalue weighted by atomic mass is 35.5. The van der Waals surface area contributed by atoms with Crippen LogP contribution in [0.15, 0.2) is 53.2 Å². The standard InChI is InChI=1S/C17H8Cl3NO4/c18-11-6-5-8(7-12(11)19)21(17(24)25)14-13(20)15(22)9-3-1-2-4-10(9)16(14)23/h1-7H,(H,24,25). The number of anilines is 1. The summed E-state index contributed by atoms with van der Waals surface area (Å²) in [6.45, 7) is 0. The zero-order valence-electron chi connectivity index (χ0n) is 12.3. The fourth-order valence-electron chi connectivity index (χ4n) is 2.49. The van der Waals surface area contributed by atoms with E-state index in [2.05, 4.69) is 0 Å². The second kappa shape index (κ2) is 6.52. The average molecular weight is 397 g/mol. The van der Waals surface area contributed by atoms with Crippen LogP contribution in [-0.2, 0) is 0 Å². The van der Waals surface area contributed by atoms with E-state index in [1.54, 1.807) is 12.1 Å². The summed E-state index contributed by atoms with van der Waals surface area (Å²) < 4.78 is 0. The topological polar surface area (TPSA) is 74.7 Å². The van der Waals surface area contributed by atoms with E-state index in [9.17, 15) is 19.5 Å². The van der Waals surface area contributed by atoms with Gasteiger partial charge in [-0.3, -0.25) is 9.59 Å². The zero-order valence-corrected chi connectivity index (χ0v) is 14.6. The number of hydrogen-bond acceptors (Lipinski definition) is 3. The van der Waals surface area contributed by atoms with Crippen molar-refractivity contribution in [2.24, 2.45) is 0 Å². The van der Waals surface area contributed by atoms with Crippen LogP contribution in [0.5, 0.6) is 0 Å². The molecule has 0 unspecified atom stereocenters. The molecule has 5 nitrogen and oxygen atoms in total. The summed E-state index contributed by atoms with van der Waals surface area (Å²) in [7, 11) is 0. The molecular formula is C17H8Cl3NO4. The molecule has 1 amide bonds. The van der Waals surface area contributed by atoms with E-state index in [4.69, 9.17) is 34.8 Å². The number of carbonyl (C=O) groups excluding carboxylic acids is 2. The lowest BCUT2D eigenvalue weighted by Crippen LogP contribution is -2.36. The van der Waals surface area contributed by atoms with Crippen molar-refractivity contribution >= 4 is 58.1 Å². The Hall–Kier alpha value is -2.34. The number of allylic oxidation sites excluding steroid dienone is 2. The highest BCUT2D eigenvalue weighted by Crippen LogP contribution is 2.35. The van der Waals surface area contributed by atoms with E-state index in [0.717, 1.165) is 0 Å². The normalized spacial score (nSPS) is 13.7. The maximum absolute atomic E-state index is 12.8. The molecule has 0 atom stereocenters. The van der Waals surface area contributed by atoms with Crippen LogP contribution in [0.3, 0.4) is 0 Å². The molecular weight excluding hydrogens is 389 g/mol. The first-order valence-electron chi connectivity index (χ1n) is 6.89.